The number of nitrogens with one attached hydrogen (secondary N) is 1. The van der Waals surface area contributed by atoms with Crippen molar-refractivity contribution >= 4 is 11.0 Å². The second-order valence-electron chi connectivity index (χ2n) is 7.89. The summed E-state index contributed by atoms with van der Waals surface area (Å²) in [5, 5.41) is 10.4. The summed E-state index contributed by atoms with van der Waals surface area (Å²) in [6.07, 6.45) is -3.13. The molecule has 1 unspecified atom stereocenters. The lowest BCUT2D eigenvalue weighted by molar-refractivity contribution is -0.912. The maximum absolute atomic E-state index is 14.0. The van der Waals surface area contributed by atoms with Gasteiger partial charge in [-0.05, 0) is 44.5 Å². The number of phenols is 1. The van der Waals surface area contributed by atoms with Crippen molar-refractivity contribution in [2.75, 3.05) is 19.7 Å². The first kappa shape index (κ1) is 25.4. The number of aromatic hydroxyl groups is 1. The number of rotatable bonds is 10. The van der Waals surface area contributed by atoms with Crippen molar-refractivity contribution in [1.29, 1.82) is 0 Å². The highest BCUT2D eigenvalue weighted by molar-refractivity contribution is 5.83. The zero-order valence-electron chi connectivity index (χ0n) is 19.4. The van der Waals surface area contributed by atoms with Gasteiger partial charge in [0.2, 0.25) is 11.2 Å². The number of fused-ring (bicyclic) bond motifs is 1. The number of hydrogen-bond acceptors (Lipinski definition) is 5. The molecule has 1 heterocycles. The molecule has 0 amide bonds. The van der Waals surface area contributed by atoms with Crippen molar-refractivity contribution in [3.05, 3.63) is 57.9 Å². The van der Waals surface area contributed by atoms with E-state index in [1.165, 1.54) is 24.3 Å². The number of para-hydroxylation sites is 2. The molecule has 0 aliphatic heterocycles. The Balaban J connectivity index is 2.20. The molecule has 0 bridgehead atoms. The lowest BCUT2D eigenvalue weighted by Gasteiger charge is -2.20. The molecule has 2 N–H and O–H groups in total. The summed E-state index contributed by atoms with van der Waals surface area (Å²) < 4.78 is 58.3. The predicted octanol–water partition coefficient (Wildman–Crippen LogP) is 4.91. The maximum Gasteiger partial charge on any atom is 0.453 e. The molecule has 2 aromatic carbocycles. The topological polar surface area (TPSA) is 73.3 Å². The van der Waals surface area contributed by atoms with Crippen molar-refractivity contribution in [2.45, 2.75) is 46.3 Å². The Labute approximate surface area is 195 Å². The average Bonchev–Trinajstić information content (AvgIpc) is 2.80. The lowest BCUT2D eigenvalue weighted by atomic mass is 10.1. The standard InChI is InChI=1S/C25H28F3NO5/c1-4-7-14-29(5-2)15-17-18(30)13-12-16-21(31)23(24(25(26,27)28)34-22(16)17)33-20-11-9-8-10-19(20)32-6-3/h8-13,30H,4-7,14-15H2,1-3H3/p+1. The van der Waals surface area contributed by atoms with Crippen LogP contribution in [0.1, 0.15) is 44.9 Å². The molecule has 1 atom stereocenters. The van der Waals surface area contributed by atoms with Gasteiger partial charge >= 0.3 is 6.18 Å². The van der Waals surface area contributed by atoms with Gasteiger partial charge in [0.1, 0.15) is 12.3 Å². The number of unbranched alkanes of at least 4 members (excludes halogenated alkanes) is 1. The van der Waals surface area contributed by atoms with Crippen LogP contribution in [0.25, 0.3) is 11.0 Å². The first-order valence-corrected chi connectivity index (χ1v) is 11.3. The Kier molecular flexibility index (Phi) is 8.09. The van der Waals surface area contributed by atoms with Crippen LogP contribution >= 0.6 is 0 Å². The SMILES string of the molecule is CCCC[NH+](CC)Cc1c(O)ccc2c(=O)c(Oc3ccccc3OCC)c(C(F)(F)F)oc12. The molecule has 3 aromatic rings. The second kappa shape index (κ2) is 10.8. The Hall–Kier alpha value is -3.20. The number of hydrogen-bond donors (Lipinski definition) is 2. The molecule has 34 heavy (non-hydrogen) atoms. The van der Waals surface area contributed by atoms with Crippen LogP contribution in [0, 0.1) is 0 Å². The minimum absolute atomic E-state index is 0.0401. The fourth-order valence-electron chi connectivity index (χ4n) is 3.72. The Morgan fingerprint density at radius 3 is 2.38 bits per heavy atom. The van der Waals surface area contributed by atoms with Gasteiger partial charge in [0.15, 0.2) is 17.1 Å². The predicted molar refractivity (Wildman–Crippen MR) is 122 cm³/mol. The molecular weight excluding hydrogens is 451 g/mol. The van der Waals surface area contributed by atoms with Gasteiger partial charge in [-0.15, -0.1) is 0 Å². The monoisotopic (exact) mass is 480 g/mol. The smallest absolute Gasteiger partial charge is 0.453 e. The van der Waals surface area contributed by atoms with Crippen molar-refractivity contribution in [1.82, 2.24) is 0 Å². The van der Waals surface area contributed by atoms with Gasteiger partial charge in [0.25, 0.3) is 5.76 Å². The lowest BCUT2D eigenvalue weighted by Crippen LogP contribution is -3.10. The first-order chi connectivity index (χ1) is 16.2. The quantitative estimate of drug-likeness (QED) is 0.431. The van der Waals surface area contributed by atoms with E-state index >= 15 is 0 Å². The van der Waals surface area contributed by atoms with Gasteiger partial charge in [-0.25, -0.2) is 0 Å². The van der Waals surface area contributed by atoms with Gasteiger partial charge in [0.05, 0.1) is 30.6 Å². The summed E-state index contributed by atoms with van der Waals surface area (Å²) >= 11 is 0. The summed E-state index contributed by atoms with van der Waals surface area (Å²) in [4.78, 5) is 14.3. The fourth-order valence-corrected chi connectivity index (χ4v) is 3.72. The van der Waals surface area contributed by atoms with E-state index in [-0.39, 0.29) is 46.9 Å². The molecule has 9 heteroatoms. The van der Waals surface area contributed by atoms with Crippen molar-refractivity contribution in [3.8, 4) is 23.0 Å². The van der Waals surface area contributed by atoms with E-state index in [9.17, 15) is 23.1 Å². The number of ether oxygens (including phenoxy) is 2. The third kappa shape index (κ3) is 5.47. The summed E-state index contributed by atoms with van der Waals surface area (Å²) in [6, 6.07) is 8.69. The van der Waals surface area contributed by atoms with Gasteiger partial charge in [0, 0.05) is 0 Å². The first-order valence-electron chi connectivity index (χ1n) is 11.3. The molecule has 0 saturated carbocycles. The number of alkyl halides is 3. The van der Waals surface area contributed by atoms with Crippen LogP contribution in [-0.4, -0.2) is 24.8 Å². The fraction of sp³-hybridized carbons (Fsp3) is 0.400. The summed E-state index contributed by atoms with van der Waals surface area (Å²) in [5.41, 5.74) is -1.10. The molecule has 0 spiro atoms. The zero-order chi connectivity index (χ0) is 24.9. The van der Waals surface area contributed by atoms with E-state index in [4.69, 9.17) is 13.9 Å². The average molecular weight is 481 g/mol. The van der Waals surface area contributed by atoms with Crippen LogP contribution in [-0.2, 0) is 12.7 Å². The molecule has 0 radical (unpaired) electrons. The summed E-state index contributed by atoms with van der Waals surface area (Å²) in [7, 11) is 0. The van der Waals surface area contributed by atoms with E-state index in [1.54, 1.807) is 19.1 Å². The van der Waals surface area contributed by atoms with Gasteiger partial charge in [-0.2, -0.15) is 13.2 Å². The van der Waals surface area contributed by atoms with E-state index in [2.05, 4.69) is 0 Å². The molecule has 1 aromatic heterocycles. The number of halogens is 3. The number of quaternary nitrogens is 1. The third-order valence-electron chi connectivity index (χ3n) is 5.53. The minimum Gasteiger partial charge on any atom is -0.507 e. The van der Waals surface area contributed by atoms with Gasteiger partial charge in [-0.3, -0.25) is 4.79 Å². The minimum atomic E-state index is -5.01. The van der Waals surface area contributed by atoms with Crippen molar-refractivity contribution in [2.24, 2.45) is 0 Å². The molecule has 3 rings (SSSR count). The third-order valence-corrected chi connectivity index (χ3v) is 5.53. The van der Waals surface area contributed by atoms with Crippen LogP contribution in [0.15, 0.2) is 45.6 Å². The van der Waals surface area contributed by atoms with Crippen LogP contribution < -0.4 is 19.8 Å². The maximum atomic E-state index is 14.0. The highest BCUT2D eigenvalue weighted by Gasteiger charge is 2.41. The number of benzene rings is 2. The Bertz CT molecular complexity index is 1190. The molecule has 0 aliphatic rings. The molecule has 184 valence electrons. The van der Waals surface area contributed by atoms with E-state index in [0.29, 0.717) is 6.54 Å². The van der Waals surface area contributed by atoms with Gasteiger partial charge < -0.3 is 23.9 Å². The summed E-state index contributed by atoms with van der Waals surface area (Å²) in [5.74, 6) is -2.60. The molecule has 6 nitrogen and oxygen atoms in total. The van der Waals surface area contributed by atoms with Crippen LogP contribution in [0.5, 0.6) is 23.0 Å². The highest BCUT2D eigenvalue weighted by atomic mass is 19.4. The Morgan fingerprint density at radius 1 is 1.06 bits per heavy atom. The largest absolute Gasteiger partial charge is 0.507 e. The van der Waals surface area contributed by atoms with E-state index < -0.39 is 23.1 Å². The summed E-state index contributed by atoms with van der Waals surface area (Å²) in [6.45, 7) is 7.66. The molecular formula is C25H29F3NO5+. The Morgan fingerprint density at radius 2 is 1.76 bits per heavy atom. The van der Waals surface area contributed by atoms with E-state index in [0.717, 1.165) is 24.3 Å². The highest BCUT2D eigenvalue weighted by Crippen LogP contribution is 2.41. The van der Waals surface area contributed by atoms with Crippen LogP contribution in [0.4, 0.5) is 13.2 Å². The van der Waals surface area contributed by atoms with Gasteiger partial charge in [-0.1, -0.05) is 25.5 Å². The molecule has 0 saturated heterocycles. The normalized spacial score (nSPS) is 12.6. The number of phenolic OH excluding ortho intramolecular Hbond substituents is 1. The molecule has 0 aliphatic carbocycles. The van der Waals surface area contributed by atoms with Crippen LogP contribution in [0.3, 0.4) is 0 Å². The molecule has 0 fully saturated rings. The zero-order valence-corrected chi connectivity index (χ0v) is 19.4. The van der Waals surface area contributed by atoms with Crippen molar-refractivity contribution < 1.29 is 37.1 Å². The van der Waals surface area contributed by atoms with E-state index in [1.807, 2.05) is 13.8 Å². The second-order valence-corrected chi connectivity index (χ2v) is 7.89. The van der Waals surface area contributed by atoms with Crippen LogP contribution in [0.2, 0.25) is 0 Å². The van der Waals surface area contributed by atoms with Crippen molar-refractivity contribution in [3.63, 3.8) is 0 Å².